The minimum atomic E-state index is 0.143. The lowest BCUT2D eigenvalue weighted by Gasteiger charge is -2.11. The smallest absolute Gasteiger partial charge is 0.0386 e. The molecule has 15 heavy (non-hydrogen) atoms. The summed E-state index contributed by atoms with van der Waals surface area (Å²) in [5.41, 5.74) is 7.30. The van der Waals surface area contributed by atoms with E-state index in [0.29, 0.717) is 0 Å². The molecule has 2 heteroatoms. The van der Waals surface area contributed by atoms with Gasteiger partial charge in [-0.1, -0.05) is 36.4 Å². The van der Waals surface area contributed by atoms with Crippen molar-refractivity contribution in [3.8, 4) is 0 Å². The molecule has 0 fully saturated rings. The third kappa shape index (κ3) is 2.33. The molecule has 0 saturated heterocycles. The second kappa shape index (κ2) is 4.69. The average molecular weight is 217 g/mol. The van der Waals surface area contributed by atoms with Crippen molar-refractivity contribution in [1.82, 2.24) is 0 Å². The van der Waals surface area contributed by atoms with Gasteiger partial charge in [-0.3, -0.25) is 0 Å². The van der Waals surface area contributed by atoms with Crippen molar-refractivity contribution in [2.45, 2.75) is 6.04 Å². The van der Waals surface area contributed by atoms with Crippen molar-refractivity contribution >= 4 is 22.5 Å². The number of thioether (sulfide) groups is 1. The number of fused-ring (bicyclic) bond motifs is 1. The molecular weight excluding hydrogens is 202 g/mol. The fraction of sp³-hybridized carbons (Fsp3) is 0.231. The molecule has 0 aromatic heterocycles. The van der Waals surface area contributed by atoms with Gasteiger partial charge in [0.2, 0.25) is 0 Å². The Labute approximate surface area is 94.7 Å². The van der Waals surface area contributed by atoms with E-state index in [0.717, 1.165) is 5.75 Å². The lowest BCUT2D eigenvalue weighted by molar-refractivity contribution is 0.834. The maximum Gasteiger partial charge on any atom is 0.0386 e. The molecule has 78 valence electrons. The van der Waals surface area contributed by atoms with Gasteiger partial charge in [0.25, 0.3) is 0 Å². The zero-order valence-electron chi connectivity index (χ0n) is 8.81. The minimum absolute atomic E-state index is 0.143. The van der Waals surface area contributed by atoms with Crippen molar-refractivity contribution in [2.75, 3.05) is 12.0 Å². The van der Waals surface area contributed by atoms with Gasteiger partial charge in [0.05, 0.1) is 0 Å². The van der Waals surface area contributed by atoms with Crippen LogP contribution in [0.25, 0.3) is 10.8 Å². The van der Waals surface area contributed by atoms with Gasteiger partial charge in [-0.25, -0.2) is 0 Å². The number of benzene rings is 2. The molecule has 1 nitrogen and oxygen atoms in total. The van der Waals surface area contributed by atoms with E-state index in [1.165, 1.54) is 16.3 Å². The second-order valence-corrected chi connectivity index (χ2v) is 4.58. The van der Waals surface area contributed by atoms with Crippen molar-refractivity contribution in [3.63, 3.8) is 0 Å². The molecule has 0 saturated carbocycles. The largest absolute Gasteiger partial charge is 0.323 e. The lowest BCUT2D eigenvalue weighted by atomic mass is 10.0. The first kappa shape index (κ1) is 10.5. The fourth-order valence-corrected chi connectivity index (χ4v) is 2.27. The van der Waals surface area contributed by atoms with Crippen LogP contribution in [0, 0.1) is 0 Å². The molecule has 2 rings (SSSR count). The molecule has 2 N–H and O–H groups in total. The van der Waals surface area contributed by atoms with Gasteiger partial charge in [-0.05, 0) is 28.7 Å². The van der Waals surface area contributed by atoms with Crippen LogP contribution in [0.3, 0.4) is 0 Å². The summed E-state index contributed by atoms with van der Waals surface area (Å²) >= 11 is 1.78. The summed E-state index contributed by atoms with van der Waals surface area (Å²) in [4.78, 5) is 0. The Bertz CT molecular complexity index is 453. The number of nitrogens with two attached hydrogens (primary N) is 1. The van der Waals surface area contributed by atoms with Crippen LogP contribution >= 0.6 is 11.8 Å². The van der Waals surface area contributed by atoms with E-state index in [2.05, 4.69) is 48.7 Å². The Morgan fingerprint density at radius 2 is 1.87 bits per heavy atom. The highest BCUT2D eigenvalue weighted by Crippen LogP contribution is 2.20. The molecule has 2 aromatic rings. The van der Waals surface area contributed by atoms with Gasteiger partial charge in [0.1, 0.15) is 0 Å². The van der Waals surface area contributed by atoms with E-state index in [-0.39, 0.29) is 6.04 Å². The van der Waals surface area contributed by atoms with Crippen LogP contribution in [0.5, 0.6) is 0 Å². The topological polar surface area (TPSA) is 26.0 Å². The number of hydrogen-bond donors (Lipinski definition) is 1. The van der Waals surface area contributed by atoms with Gasteiger partial charge in [0, 0.05) is 11.8 Å². The Morgan fingerprint density at radius 1 is 1.13 bits per heavy atom. The molecule has 0 amide bonds. The van der Waals surface area contributed by atoms with E-state index >= 15 is 0 Å². The number of rotatable bonds is 3. The maximum absolute atomic E-state index is 6.08. The molecule has 1 atom stereocenters. The quantitative estimate of drug-likeness (QED) is 0.854. The zero-order valence-corrected chi connectivity index (χ0v) is 9.63. The van der Waals surface area contributed by atoms with E-state index in [1.807, 2.05) is 0 Å². The third-order valence-corrected chi connectivity index (χ3v) is 3.24. The summed E-state index contributed by atoms with van der Waals surface area (Å²) in [6, 6.07) is 15.0. The van der Waals surface area contributed by atoms with Crippen LogP contribution in [0.1, 0.15) is 11.6 Å². The van der Waals surface area contributed by atoms with Crippen molar-refractivity contribution in [1.29, 1.82) is 0 Å². The van der Waals surface area contributed by atoms with Crippen LogP contribution in [0.4, 0.5) is 0 Å². The second-order valence-electron chi connectivity index (χ2n) is 3.67. The summed E-state index contributed by atoms with van der Waals surface area (Å²) in [6.07, 6.45) is 2.08. The fourth-order valence-electron chi connectivity index (χ4n) is 1.71. The first-order valence-electron chi connectivity index (χ1n) is 5.04. The lowest BCUT2D eigenvalue weighted by Crippen LogP contribution is -2.12. The Morgan fingerprint density at radius 3 is 2.60 bits per heavy atom. The third-order valence-electron chi connectivity index (χ3n) is 2.55. The predicted molar refractivity (Wildman–Crippen MR) is 69.3 cm³/mol. The van der Waals surface area contributed by atoms with Crippen molar-refractivity contribution in [3.05, 3.63) is 48.0 Å². The van der Waals surface area contributed by atoms with Gasteiger partial charge in [-0.2, -0.15) is 11.8 Å². The Balaban J connectivity index is 2.38. The first-order valence-corrected chi connectivity index (χ1v) is 6.44. The van der Waals surface area contributed by atoms with Crippen LogP contribution in [-0.2, 0) is 0 Å². The van der Waals surface area contributed by atoms with Crippen LogP contribution in [0.2, 0.25) is 0 Å². The summed E-state index contributed by atoms with van der Waals surface area (Å²) in [5.74, 6) is 0.971. The standard InChI is InChI=1S/C13H15NS/c1-15-9-13(14)12-7-6-10-4-2-3-5-11(10)8-12/h2-8,13H,9,14H2,1H3. The monoisotopic (exact) mass is 217 g/mol. The Kier molecular flexibility index (Phi) is 3.29. The van der Waals surface area contributed by atoms with Gasteiger partial charge < -0.3 is 5.73 Å². The maximum atomic E-state index is 6.08. The summed E-state index contributed by atoms with van der Waals surface area (Å²) < 4.78 is 0. The normalized spacial score (nSPS) is 12.9. The SMILES string of the molecule is CSCC(N)c1ccc2ccccc2c1. The molecule has 0 aliphatic heterocycles. The summed E-state index contributed by atoms with van der Waals surface area (Å²) in [5, 5.41) is 2.55. The van der Waals surface area contributed by atoms with Crippen LogP contribution in [0.15, 0.2) is 42.5 Å². The molecular formula is C13H15NS. The number of hydrogen-bond acceptors (Lipinski definition) is 2. The molecule has 1 unspecified atom stereocenters. The minimum Gasteiger partial charge on any atom is -0.323 e. The van der Waals surface area contributed by atoms with Crippen molar-refractivity contribution in [2.24, 2.45) is 5.73 Å². The van der Waals surface area contributed by atoms with Gasteiger partial charge in [0.15, 0.2) is 0 Å². The molecule has 0 radical (unpaired) electrons. The molecule has 0 heterocycles. The molecule has 2 aromatic carbocycles. The highest BCUT2D eigenvalue weighted by atomic mass is 32.2. The van der Waals surface area contributed by atoms with Gasteiger partial charge >= 0.3 is 0 Å². The van der Waals surface area contributed by atoms with Gasteiger partial charge in [-0.15, -0.1) is 0 Å². The molecule has 0 bridgehead atoms. The average Bonchev–Trinajstić information content (AvgIpc) is 2.29. The summed E-state index contributed by atoms with van der Waals surface area (Å²) in [6.45, 7) is 0. The molecule has 0 spiro atoms. The van der Waals surface area contributed by atoms with Crippen molar-refractivity contribution < 1.29 is 0 Å². The summed E-state index contributed by atoms with van der Waals surface area (Å²) in [7, 11) is 0. The molecule has 0 aliphatic rings. The first-order chi connectivity index (χ1) is 7.31. The van der Waals surface area contributed by atoms with E-state index in [9.17, 15) is 0 Å². The molecule has 0 aliphatic carbocycles. The van der Waals surface area contributed by atoms with E-state index in [1.54, 1.807) is 11.8 Å². The predicted octanol–water partition coefficient (Wildman–Crippen LogP) is 3.20. The van der Waals surface area contributed by atoms with E-state index < -0.39 is 0 Å². The highest BCUT2D eigenvalue weighted by Gasteiger charge is 2.05. The van der Waals surface area contributed by atoms with Crippen LogP contribution < -0.4 is 5.73 Å². The van der Waals surface area contributed by atoms with E-state index in [4.69, 9.17) is 5.73 Å². The Hall–Kier alpha value is -0.990. The zero-order chi connectivity index (χ0) is 10.7. The van der Waals surface area contributed by atoms with Crippen LogP contribution in [-0.4, -0.2) is 12.0 Å². The highest BCUT2D eigenvalue weighted by molar-refractivity contribution is 7.98.